The lowest BCUT2D eigenvalue weighted by Gasteiger charge is -2.43. The molecule has 0 aromatic heterocycles. The average Bonchev–Trinajstić information content (AvgIpc) is 2.54. The van der Waals surface area contributed by atoms with Gasteiger partial charge in [-0.15, -0.1) is 0 Å². The van der Waals surface area contributed by atoms with Crippen LogP contribution in [0.2, 0.25) is 0 Å². The first-order valence-electron chi connectivity index (χ1n) is 8.89. The Morgan fingerprint density at radius 2 is 2.00 bits per heavy atom. The van der Waals surface area contributed by atoms with Gasteiger partial charge in [0.05, 0.1) is 13.2 Å². The normalized spacial score (nSPS) is 30.5. The van der Waals surface area contributed by atoms with Crippen LogP contribution in [0.15, 0.2) is 18.2 Å². The van der Waals surface area contributed by atoms with E-state index in [1.807, 2.05) is 6.92 Å². The van der Waals surface area contributed by atoms with E-state index >= 15 is 0 Å². The standard InChI is InChI=1S/C19H27FN2O2/c1-11(16-10-15(20)6-7-17(16)24-2)22-19(23)14-8-12-4-3-5-13(9-14)18(12)21/h6-7,10-14,18H,3-5,8-9,21H2,1-2H3,(H,22,23). The van der Waals surface area contributed by atoms with Gasteiger partial charge in [0.15, 0.2) is 0 Å². The molecule has 24 heavy (non-hydrogen) atoms. The van der Waals surface area contributed by atoms with Gasteiger partial charge in [0, 0.05) is 17.5 Å². The largest absolute Gasteiger partial charge is 0.496 e. The van der Waals surface area contributed by atoms with Gasteiger partial charge in [-0.2, -0.15) is 0 Å². The minimum Gasteiger partial charge on any atom is -0.496 e. The molecule has 0 radical (unpaired) electrons. The highest BCUT2D eigenvalue weighted by Crippen LogP contribution is 2.42. The Morgan fingerprint density at radius 1 is 1.33 bits per heavy atom. The van der Waals surface area contributed by atoms with Gasteiger partial charge in [0.2, 0.25) is 5.91 Å². The zero-order valence-electron chi connectivity index (χ0n) is 14.4. The molecule has 0 saturated heterocycles. The summed E-state index contributed by atoms with van der Waals surface area (Å²) in [5.74, 6) is 1.26. The number of nitrogens with one attached hydrogen (secondary N) is 1. The van der Waals surface area contributed by atoms with Crippen LogP contribution in [-0.2, 0) is 4.79 Å². The molecule has 2 bridgehead atoms. The van der Waals surface area contributed by atoms with Gasteiger partial charge in [0.1, 0.15) is 11.6 Å². The third kappa shape index (κ3) is 3.41. The number of hydrogen-bond donors (Lipinski definition) is 2. The number of carbonyl (C=O) groups excluding carboxylic acids is 1. The van der Waals surface area contributed by atoms with Crippen LogP contribution in [0.5, 0.6) is 5.75 Å². The first-order chi connectivity index (χ1) is 11.5. The number of fused-ring (bicyclic) bond motifs is 2. The van der Waals surface area contributed by atoms with Crippen LogP contribution in [-0.4, -0.2) is 19.1 Å². The third-order valence-corrected chi connectivity index (χ3v) is 5.80. The number of nitrogens with two attached hydrogens (primary N) is 1. The fourth-order valence-corrected chi connectivity index (χ4v) is 4.46. The first-order valence-corrected chi connectivity index (χ1v) is 8.89. The van der Waals surface area contributed by atoms with Crippen molar-refractivity contribution in [1.82, 2.24) is 5.32 Å². The maximum absolute atomic E-state index is 13.6. The number of hydrogen-bond acceptors (Lipinski definition) is 3. The van der Waals surface area contributed by atoms with Crippen molar-refractivity contribution in [2.75, 3.05) is 7.11 Å². The van der Waals surface area contributed by atoms with E-state index in [4.69, 9.17) is 10.5 Å². The van der Waals surface area contributed by atoms with E-state index in [-0.39, 0.29) is 29.7 Å². The molecule has 1 amide bonds. The van der Waals surface area contributed by atoms with Crippen molar-refractivity contribution < 1.29 is 13.9 Å². The van der Waals surface area contributed by atoms with Crippen molar-refractivity contribution in [3.63, 3.8) is 0 Å². The molecule has 0 spiro atoms. The van der Waals surface area contributed by atoms with Crippen molar-refractivity contribution in [2.24, 2.45) is 23.5 Å². The molecule has 1 aromatic carbocycles. The highest BCUT2D eigenvalue weighted by Gasteiger charge is 2.40. The van der Waals surface area contributed by atoms with Gasteiger partial charge in [-0.3, -0.25) is 4.79 Å². The zero-order valence-corrected chi connectivity index (χ0v) is 14.4. The molecule has 2 aliphatic carbocycles. The molecule has 2 fully saturated rings. The Labute approximate surface area is 142 Å². The summed E-state index contributed by atoms with van der Waals surface area (Å²) in [6.07, 6.45) is 5.24. The van der Waals surface area contributed by atoms with Gasteiger partial charge in [-0.05, 0) is 62.6 Å². The highest BCUT2D eigenvalue weighted by molar-refractivity contribution is 5.79. The van der Waals surface area contributed by atoms with Crippen molar-refractivity contribution in [2.45, 2.75) is 51.1 Å². The lowest BCUT2D eigenvalue weighted by atomic mass is 9.65. The first kappa shape index (κ1) is 17.2. The molecule has 2 saturated carbocycles. The topological polar surface area (TPSA) is 64.3 Å². The van der Waals surface area contributed by atoms with E-state index in [1.165, 1.54) is 18.6 Å². The van der Waals surface area contributed by atoms with Gasteiger partial charge < -0.3 is 15.8 Å². The zero-order chi connectivity index (χ0) is 17.3. The second-order valence-electron chi connectivity index (χ2n) is 7.31. The molecule has 132 valence electrons. The van der Waals surface area contributed by atoms with E-state index in [2.05, 4.69) is 5.32 Å². The predicted molar refractivity (Wildman–Crippen MR) is 91.0 cm³/mol. The number of carbonyl (C=O) groups is 1. The smallest absolute Gasteiger partial charge is 0.223 e. The maximum Gasteiger partial charge on any atom is 0.223 e. The van der Waals surface area contributed by atoms with E-state index in [0.29, 0.717) is 23.1 Å². The number of rotatable bonds is 4. The van der Waals surface area contributed by atoms with Crippen LogP contribution in [0.4, 0.5) is 4.39 Å². The van der Waals surface area contributed by atoms with Crippen molar-refractivity contribution >= 4 is 5.91 Å². The fraction of sp³-hybridized carbons (Fsp3) is 0.632. The third-order valence-electron chi connectivity index (χ3n) is 5.80. The molecule has 3 atom stereocenters. The Morgan fingerprint density at radius 3 is 2.62 bits per heavy atom. The van der Waals surface area contributed by atoms with E-state index < -0.39 is 0 Å². The molecule has 4 nitrogen and oxygen atoms in total. The van der Waals surface area contributed by atoms with Gasteiger partial charge >= 0.3 is 0 Å². The Bertz CT molecular complexity index is 593. The Kier molecular flexibility index (Phi) is 5.09. The van der Waals surface area contributed by atoms with Crippen LogP contribution in [0, 0.1) is 23.6 Å². The Balaban J connectivity index is 1.68. The molecule has 3 rings (SSSR count). The molecule has 3 N–H and O–H groups in total. The van der Waals surface area contributed by atoms with Crippen LogP contribution in [0.25, 0.3) is 0 Å². The summed E-state index contributed by atoms with van der Waals surface area (Å²) in [6, 6.07) is 4.34. The predicted octanol–water partition coefficient (Wildman–Crippen LogP) is 3.17. The molecule has 5 heteroatoms. The lowest BCUT2D eigenvalue weighted by molar-refractivity contribution is -0.128. The summed E-state index contributed by atoms with van der Waals surface area (Å²) < 4.78 is 18.8. The molecule has 0 aliphatic heterocycles. The number of methoxy groups -OCH3 is 1. The molecular formula is C19H27FN2O2. The minimum atomic E-state index is -0.329. The van der Waals surface area contributed by atoms with Crippen LogP contribution < -0.4 is 15.8 Å². The number of halogens is 1. The highest BCUT2D eigenvalue weighted by atomic mass is 19.1. The summed E-state index contributed by atoms with van der Waals surface area (Å²) in [5.41, 5.74) is 6.97. The fourth-order valence-electron chi connectivity index (χ4n) is 4.46. The summed E-state index contributed by atoms with van der Waals surface area (Å²) in [5, 5.41) is 3.05. The monoisotopic (exact) mass is 334 g/mol. The van der Waals surface area contributed by atoms with Crippen LogP contribution in [0.1, 0.15) is 50.6 Å². The number of benzene rings is 1. The van der Waals surface area contributed by atoms with Gasteiger partial charge in [-0.25, -0.2) is 4.39 Å². The van der Waals surface area contributed by atoms with Crippen molar-refractivity contribution in [3.8, 4) is 5.75 Å². The summed E-state index contributed by atoms with van der Waals surface area (Å²) >= 11 is 0. The van der Waals surface area contributed by atoms with E-state index in [9.17, 15) is 9.18 Å². The maximum atomic E-state index is 13.6. The summed E-state index contributed by atoms with van der Waals surface area (Å²) in [7, 11) is 1.55. The Hall–Kier alpha value is -1.62. The summed E-state index contributed by atoms with van der Waals surface area (Å²) in [6.45, 7) is 1.87. The van der Waals surface area contributed by atoms with E-state index in [0.717, 1.165) is 25.7 Å². The molecule has 1 aromatic rings. The van der Waals surface area contributed by atoms with Gasteiger partial charge in [-0.1, -0.05) is 6.42 Å². The minimum absolute atomic E-state index is 0.0158. The molecule has 2 aliphatic rings. The van der Waals surface area contributed by atoms with Crippen molar-refractivity contribution in [1.29, 1.82) is 0 Å². The lowest BCUT2D eigenvalue weighted by Crippen LogP contribution is -2.49. The molecule has 0 heterocycles. The molecular weight excluding hydrogens is 307 g/mol. The van der Waals surface area contributed by atoms with Crippen LogP contribution in [0.3, 0.4) is 0 Å². The SMILES string of the molecule is COc1ccc(F)cc1C(C)NC(=O)C1CC2CCCC(C1)C2N. The summed E-state index contributed by atoms with van der Waals surface area (Å²) in [4.78, 5) is 12.7. The van der Waals surface area contributed by atoms with Gasteiger partial charge in [0.25, 0.3) is 0 Å². The molecule has 3 unspecified atom stereocenters. The van der Waals surface area contributed by atoms with E-state index in [1.54, 1.807) is 13.2 Å². The van der Waals surface area contributed by atoms with Crippen molar-refractivity contribution in [3.05, 3.63) is 29.6 Å². The quantitative estimate of drug-likeness (QED) is 0.889. The average molecular weight is 334 g/mol. The number of amides is 1. The second-order valence-corrected chi connectivity index (χ2v) is 7.31. The second kappa shape index (κ2) is 7.09. The number of ether oxygens (including phenoxy) is 1. The van der Waals surface area contributed by atoms with Crippen LogP contribution >= 0.6 is 0 Å².